The number of aryl methyl sites for hydroxylation is 2. The molecule has 0 saturated carbocycles. The molecule has 1 aromatic rings. The van der Waals surface area contributed by atoms with E-state index in [0.717, 1.165) is 60.3 Å². The smallest absolute Gasteiger partial charge is 0.229 e. The Kier molecular flexibility index (Phi) is 12.6. The molecule has 0 unspecified atom stereocenters. The van der Waals surface area contributed by atoms with Gasteiger partial charge in [-0.05, 0) is 80.5 Å². The second-order valence-electron chi connectivity index (χ2n) is 13.5. The van der Waals surface area contributed by atoms with E-state index < -0.39 is 37.3 Å². The van der Waals surface area contributed by atoms with Crippen LogP contribution in [0.2, 0.25) is 0 Å². The van der Waals surface area contributed by atoms with E-state index in [1.54, 1.807) is 0 Å². The van der Waals surface area contributed by atoms with Gasteiger partial charge in [0.2, 0.25) is 6.29 Å². The predicted octanol–water partition coefficient (Wildman–Crippen LogP) is 5.70. The maximum absolute atomic E-state index is 10.3. The van der Waals surface area contributed by atoms with Crippen molar-refractivity contribution >= 4 is 0 Å². The molecule has 0 amide bonds. The van der Waals surface area contributed by atoms with E-state index >= 15 is 0 Å². The fourth-order valence-electron chi connectivity index (χ4n) is 6.18. The highest BCUT2D eigenvalue weighted by Gasteiger charge is 2.45. The molecule has 0 aliphatic carbocycles. The normalized spacial score (nSPS) is 30.0. The Morgan fingerprint density at radius 2 is 1.52 bits per heavy atom. The molecule has 1 saturated heterocycles. The fourth-order valence-corrected chi connectivity index (χ4v) is 6.18. The largest absolute Gasteiger partial charge is 0.487 e. The average Bonchev–Trinajstić information content (AvgIpc) is 2.89. The van der Waals surface area contributed by atoms with Crippen LogP contribution in [-0.2, 0) is 11.2 Å². The van der Waals surface area contributed by atoms with E-state index in [0.29, 0.717) is 5.75 Å². The van der Waals surface area contributed by atoms with Gasteiger partial charge in [0.1, 0.15) is 41.5 Å². The second kappa shape index (κ2) is 15.2. The van der Waals surface area contributed by atoms with Crippen molar-refractivity contribution in [1.29, 1.82) is 0 Å². The topological polar surface area (TPSA) is 109 Å². The van der Waals surface area contributed by atoms with Gasteiger partial charge in [0.05, 0.1) is 6.61 Å². The van der Waals surface area contributed by atoms with Crippen molar-refractivity contribution in [2.24, 2.45) is 17.8 Å². The van der Waals surface area contributed by atoms with Crippen LogP contribution in [0.3, 0.4) is 0 Å². The number of ether oxygens (including phenoxy) is 3. The van der Waals surface area contributed by atoms with E-state index in [1.807, 2.05) is 19.1 Å². The van der Waals surface area contributed by atoms with Crippen LogP contribution in [0.1, 0.15) is 110 Å². The third-order valence-corrected chi connectivity index (χ3v) is 8.97. The second-order valence-corrected chi connectivity index (χ2v) is 13.5. The molecule has 7 nitrogen and oxygen atoms in total. The summed E-state index contributed by atoms with van der Waals surface area (Å²) < 4.78 is 18.0. The van der Waals surface area contributed by atoms with Crippen molar-refractivity contribution in [2.75, 3.05) is 6.61 Å². The molecular formula is C33H56O7. The number of hydrogen-bond donors (Lipinski definition) is 4. The van der Waals surface area contributed by atoms with Gasteiger partial charge in [-0.3, -0.25) is 0 Å². The number of aliphatic hydroxyl groups is 4. The molecule has 0 bridgehead atoms. The molecule has 4 N–H and O–H groups in total. The first-order valence-corrected chi connectivity index (χ1v) is 15.7. The maximum Gasteiger partial charge on any atom is 0.229 e. The molecule has 1 fully saturated rings. The number of hydrogen-bond acceptors (Lipinski definition) is 7. The molecular weight excluding hydrogens is 508 g/mol. The minimum Gasteiger partial charge on any atom is -0.487 e. The Labute approximate surface area is 242 Å². The lowest BCUT2D eigenvalue weighted by Gasteiger charge is -2.40. The Morgan fingerprint density at radius 3 is 2.15 bits per heavy atom. The van der Waals surface area contributed by atoms with Gasteiger partial charge in [0, 0.05) is 0 Å². The first-order chi connectivity index (χ1) is 18.9. The summed E-state index contributed by atoms with van der Waals surface area (Å²) in [5.41, 5.74) is 1.80. The van der Waals surface area contributed by atoms with Crippen molar-refractivity contribution in [3.63, 3.8) is 0 Å². The standard InChI is InChI=1S/C33H56O7/c1-21(2)10-7-11-22(3)12-8-13-23(4)14-9-16-33(6)17-15-25-19-26(18-24(5)31(25)40-33)38-32-30(37)29(36)28(35)27(20-34)39-32/h18-19,21-23,27-30,32,34-37H,7-17,20H2,1-6H3/t22-,23-,27-,28-,29+,30-,32-,33-/m1/s1. The highest BCUT2D eigenvalue weighted by molar-refractivity contribution is 5.48. The summed E-state index contributed by atoms with van der Waals surface area (Å²) in [5.74, 6) is 3.79. The average molecular weight is 565 g/mol. The molecule has 40 heavy (non-hydrogen) atoms. The van der Waals surface area contributed by atoms with E-state index in [1.165, 1.54) is 44.9 Å². The molecule has 1 aromatic carbocycles. The van der Waals surface area contributed by atoms with Crippen molar-refractivity contribution in [2.45, 2.75) is 148 Å². The molecule has 2 aliphatic rings. The first kappa shape index (κ1) is 33.1. The molecule has 0 spiro atoms. The maximum atomic E-state index is 10.3. The van der Waals surface area contributed by atoms with Crippen LogP contribution >= 0.6 is 0 Å². The van der Waals surface area contributed by atoms with Crippen molar-refractivity contribution in [3.8, 4) is 11.5 Å². The highest BCUT2D eigenvalue weighted by Crippen LogP contribution is 2.41. The van der Waals surface area contributed by atoms with Crippen molar-refractivity contribution in [1.82, 2.24) is 0 Å². The lowest BCUT2D eigenvalue weighted by molar-refractivity contribution is -0.277. The molecule has 230 valence electrons. The van der Waals surface area contributed by atoms with Crippen LogP contribution in [0.15, 0.2) is 12.1 Å². The summed E-state index contributed by atoms with van der Waals surface area (Å²) >= 11 is 0. The summed E-state index contributed by atoms with van der Waals surface area (Å²) in [5, 5.41) is 39.9. The van der Waals surface area contributed by atoms with Crippen LogP contribution in [0.5, 0.6) is 11.5 Å². The van der Waals surface area contributed by atoms with Crippen LogP contribution in [0.25, 0.3) is 0 Å². The monoisotopic (exact) mass is 564 g/mol. The Balaban J connectivity index is 1.45. The lowest BCUT2D eigenvalue weighted by atomic mass is 9.85. The molecule has 8 atom stereocenters. The Hall–Kier alpha value is -1.38. The molecule has 0 aromatic heterocycles. The molecule has 7 heteroatoms. The molecule has 0 radical (unpaired) electrons. The summed E-state index contributed by atoms with van der Waals surface area (Å²) in [4.78, 5) is 0. The van der Waals surface area contributed by atoms with Gasteiger partial charge in [-0.1, -0.05) is 72.6 Å². The molecule has 3 rings (SSSR count). The summed E-state index contributed by atoms with van der Waals surface area (Å²) in [7, 11) is 0. The number of fused-ring (bicyclic) bond motifs is 1. The quantitative estimate of drug-likeness (QED) is 0.217. The first-order valence-electron chi connectivity index (χ1n) is 15.7. The minimum atomic E-state index is -1.47. The van der Waals surface area contributed by atoms with Crippen LogP contribution in [0, 0.1) is 24.7 Å². The molecule has 2 heterocycles. The van der Waals surface area contributed by atoms with Gasteiger partial charge in [-0.25, -0.2) is 0 Å². The van der Waals surface area contributed by atoms with Gasteiger partial charge in [0.15, 0.2) is 0 Å². The summed E-state index contributed by atoms with van der Waals surface area (Å²) in [6.07, 6.45) is 6.77. The Bertz CT molecular complexity index is 903. The SMILES string of the molecule is Cc1cc(O[C@@H]2O[C@H](CO)[C@@H](O)[C@H](O)[C@H]2O)cc2c1O[C@](C)(CCC[C@H](C)CCC[C@H](C)CCCC(C)C)CC2. The van der Waals surface area contributed by atoms with Gasteiger partial charge >= 0.3 is 0 Å². The van der Waals surface area contributed by atoms with E-state index in [2.05, 4.69) is 34.6 Å². The zero-order chi connectivity index (χ0) is 29.4. The number of aliphatic hydroxyl groups excluding tert-OH is 4. The fraction of sp³-hybridized carbons (Fsp3) is 0.818. The van der Waals surface area contributed by atoms with Gasteiger partial charge in [-0.2, -0.15) is 0 Å². The van der Waals surface area contributed by atoms with Crippen molar-refractivity contribution < 1.29 is 34.6 Å². The van der Waals surface area contributed by atoms with E-state index in [4.69, 9.17) is 14.2 Å². The van der Waals surface area contributed by atoms with Crippen LogP contribution in [0.4, 0.5) is 0 Å². The summed E-state index contributed by atoms with van der Waals surface area (Å²) in [6.45, 7) is 13.1. The zero-order valence-electron chi connectivity index (χ0n) is 25.8. The van der Waals surface area contributed by atoms with Crippen LogP contribution < -0.4 is 9.47 Å². The molecule has 2 aliphatic heterocycles. The van der Waals surface area contributed by atoms with Crippen molar-refractivity contribution in [3.05, 3.63) is 23.3 Å². The van der Waals surface area contributed by atoms with Gasteiger partial charge in [-0.15, -0.1) is 0 Å². The lowest BCUT2D eigenvalue weighted by Crippen LogP contribution is -2.60. The van der Waals surface area contributed by atoms with Gasteiger partial charge < -0.3 is 34.6 Å². The Morgan fingerprint density at radius 1 is 0.900 bits per heavy atom. The van der Waals surface area contributed by atoms with Crippen LogP contribution in [-0.4, -0.2) is 63.3 Å². The third kappa shape index (κ3) is 9.32. The number of benzene rings is 1. The highest BCUT2D eigenvalue weighted by atomic mass is 16.7. The van der Waals surface area contributed by atoms with Gasteiger partial charge in [0.25, 0.3) is 0 Å². The third-order valence-electron chi connectivity index (χ3n) is 8.97. The zero-order valence-corrected chi connectivity index (χ0v) is 25.8. The minimum absolute atomic E-state index is 0.192. The predicted molar refractivity (Wildman–Crippen MR) is 158 cm³/mol. The summed E-state index contributed by atoms with van der Waals surface area (Å²) in [6, 6.07) is 3.74. The van der Waals surface area contributed by atoms with E-state index in [-0.39, 0.29) is 5.60 Å². The van der Waals surface area contributed by atoms with E-state index in [9.17, 15) is 20.4 Å². The number of rotatable bonds is 15.